The molecule has 0 bridgehead atoms. The van der Waals surface area contributed by atoms with Crippen LogP contribution in [0.5, 0.6) is 0 Å². The predicted octanol–water partition coefficient (Wildman–Crippen LogP) is 1.80. The summed E-state index contributed by atoms with van der Waals surface area (Å²) >= 11 is 0. The van der Waals surface area contributed by atoms with Crippen molar-refractivity contribution in [2.45, 2.75) is 55.7 Å². The molecule has 5 nitrogen and oxygen atoms in total. The van der Waals surface area contributed by atoms with E-state index in [1.54, 1.807) is 13.0 Å². The van der Waals surface area contributed by atoms with Gasteiger partial charge in [-0.3, -0.25) is 4.79 Å². The normalized spacial score (nSPS) is 17.6. The molecular weight excluding hydrogens is 288 g/mol. The van der Waals surface area contributed by atoms with Gasteiger partial charge in [-0.2, -0.15) is 0 Å². The van der Waals surface area contributed by atoms with Crippen molar-refractivity contribution in [2.75, 3.05) is 5.73 Å². The second kappa shape index (κ2) is 6.05. The molecule has 1 aliphatic rings. The number of nitrogens with one attached hydrogen (secondary N) is 1. The first-order valence-corrected chi connectivity index (χ1v) is 8.77. The Kier molecular flexibility index (Phi) is 4.56. The maximum Gasteiger partial charge on any atom is 0.238 e. The summed E-state index contributed by atoms with van der Waals surface area (Å²) in [6.45, 7) is 3.18. The quantitative estimate of drug-likeness (QED) is 0.830. The number of hydrogen-bond donors (Lipinski definition) is 2. The van der Waals surface area contributed by atoms with E-state index in [0.29, 0.717) is 11.3 Å². The summed E-state index contributed by atoms with van der Waals surface area (Å²) in [4.78, 5) is 12.3. The molecule has 1 aliphatic carbocycles. The highest BCUT2D eigenvalue weighted by Gasteiger charge is 2.31. The molecule has 1 fully saturated rings. The van der Waals surface area contributed by atoms with E-state index in [2.05, 4.69) is 5.32 Å². The number of amides is 1. The maximum absolute atomic E-state index is 12.5. The Morgan fingerprint density at radius 3 is 2.52 bits per heavy atom. The van der Waals surface area contributed by atoms with Crippen molar-refractivity contribution in [3.8, 4) is 0 Å². The highest BCUT2D eigenvalue weighted by atomic mass is 32.2. The van der Waals surface area contributed by atoms with Crippen molar-refractivity contribution in [3.05, 3.63) is 23.8 Å². The predicted molar refractivity (Wildman–Crippen MR) is 82.6 cm³/mol. The molecular formula is C15H22N2O3S. The molecule has 1 aromatic rings. The minimum Gasteiger partial charge on any atom is -0.399 e. The lowest BCUT2D eigenvalue weighted by Crippen LogP contribution is -2.42. The van der Waals surface area contributed by atoms with Crippen LogP contribution in [0.3, 0.4) is 0 Å². The third kappa shape index (κ3) is 3.37. The Balaban J connectivity index is 2.17. The number of nitrogen functional groups attached to an aromatic ring is 1. The molecule has 1 aromatic carbocycles. The summed E-state index contributed by atoms with van der Waals surface area (Å²) in [5, 5.41) is 1.74. The molecule has 1 saturated carbocycles. The number of aryl methyl sites for hydroxylation is 1. The summed E-state index contributed by atoms with van der Waals surface area (Å²) in [7, 11) is -3.69. The summed E-state index contributed by atoms with van der Waals surface area (Å²) in [5.74, 6) is -0.420. The first-order valence-electron chi connectivity index (χ1n) is 7.23. The van der Waals surface area contributed by atoms with Crippen LogP contribution in [0, 0.1) is 6.92 Å². The Bertz CT molecular complexity index is 634. The fourth-order valence-electron chi connectivity index (χ4n) is 2.56. The first kappa shape index (κ1) is 15.8. The topological polar surface area (TPSA) is 89.3 Å². The Morgan fingerprint density at radius 2 is 1.95 bits per heavy atom. The smallest absolute Gasteiger partial charge is 0.238 e. The summed E-state index contributed by atoms with van der Waals surface area (Å²) in [6.07, 6.45) is 4.03. The highest BCUT2D eigenvalue weighted by Crippen LogP contribution is 2.22. The number of nitrogens with two attached hydrogens (primary N) is 1. The molecule has 0 heterocycles. The third-order valence-electron chi connectivity index (χ3n) is 4.11. The van der Waals surface area contributed by atoms with E-state index in [4.69, 9.17) is 5.73 Å². The van der Waals surface area contributed by atoms with Crippen LogP contribution in [0.2, 0.25) is 0 Å². The number of anilines is 1. The number of carbonyl (C=O) groups excluding carboxylic acids is 1. The molecule has 0 saturated heterocycles. The van der Waals surface area contributed by atoms with Crippen molar-refractivity contribution in [1.29, 1.82) is 0 Å². The van der Waals surface area contributed by atoms with Gasteiger partial charge in [0, 0.05) is 11.7 Å². The zero-order valence-corrected chi connectivity index (χ0v) is 13.2. The van der Waals surface area contributed by atoms with Crippen LogP contribution in [-0.2, 0) is 14.6 Å². The van der Waals surface area contributed by atoms with Crippen molar-refractivity contribution in [2.24, 2.45) is 0 Å². The second-order valence-electron chi connectivity index (χ2n) is 5.70. The van der Waals surface area contributed by atoms with Gasteiger partial charge >= 0.3 is 0 Å². The first-order chi connectivity index (χ1) is 9.82. The van der Waals surface area contributed by atoms with Gasteiger partial charge in [0.15, 0.2) is 9.84 Å². The van der Waals surface area contributed by atoms with Gasteiger partial charge in [-0.05, 0) is 50.5 Å². The number of sulfone groups is 1. The van der Waals surface area contributed by atoms with Crippen LogP contribution in [0.4, 0.5) is 5.69 Å². The van der Waals surface area contributed by atoms with E-state index in [9.17, 15) is 13.2 Å². The molecule has 0 spiro atoms. The van der Waals surface area contributed by atoms with Gasteiger partial charge in [-0.25, -0.2) is 8.42 Å². The number of rotatable bonds is 4. The Labute approximate surface area is 125 Å². The van der Waals surface area contributed by atoms with E-state index in [1.165, 1.54) is 19.1 Å². The van der Waals surface area contributed by atoms with E-state index in [0.717, 1.165) is 25.7 Å². The fourth-order valence-corrected chi connectivity index (χ4v) is 3.92. The lowest BCUT2D eigenvalue weighted by atomic mass is 10.2. The van der Waals surface area contributed by atoms with Crippen molar-refractivity contribution in [3.63, 3.8) is 0 Å². The van der Waals surface area contributed by atoms with E-state index < -0.39 is 21.0 Å². The minimum absolute atomic E-state index is 0.114. The number of benzene rings is 1. The molecule has 0 aliphatic heterocycles. The van der Waals surface area contributed by atoms with Gasteiger partial charge in [0.1, 0.15) is 5.25 Å². The SMILES string of the molecule is Cc1cc(S(=O)(=O)C(C)C(=O)NC2CCCC2)ccc1N. The molecule has 0 aromatic heterocycles. The summed E-state index contributed by atoms with van der Waals surface area (Å²) < 4.78 is 25.0. The average molecular weight is 310 g/mol. The monoisotopic (exact) mass is 310 g/mol. The van der Waals surface area contributed by atoms with Gasteiger partial charge in [0.2, 0.25) is 5.91 Å². The molecule has 21 heavy (non-hydrogen) atoms. The molecule has 3 N–H and O–H groups in total. The Morgan fingerprint density at radius 1 is 1.33 bits per heavy atom. The molecule has 2 rings (SSSR count). The van der Waals surface area contributed by atoms with E-state index in [-0.39, 0.29) is 10.9 Å². The van der Waals surface area contributed by atoms with Crippen LogP contribution in [0.25, 0.3) is 0 Å². The third-order valence-corrected chi connectivity index (χ3v) is 6.16. The van der Waals surface area contributed by atoms with Crippen molar-refractivity contribution in [1.82, 2.24) is 5.32 Å². The van der Waals surface area contributed by atoms with Crippen LogP contribution >= 0.6 is 0 Å². The lowest BCUT2D eigenvalue weighted by Gasteiger charge is -2.17. The van der Waals surface area contributed by atoms with Gasteiger partial charge in [-0.15, -0.1) is 0 Å². The molecule has 6 heteroatoms. The van der Waals surface area contributed by atoms with Crippen LogP contribution in [0.1, 0.15) is 38.2 Å². The lowest BCUT2D eigenvalue weighted by molar-refractivity contribution is -0.121. The molecule has 1 amide bonds. The van der Waals surface area contributed by atoms with Gasteiger partial charge in [-0.1, -0.05) is 12.8 Å². The number of hydrogen-bond acceptors (Lipinski definition) is 4. The van der Waals surface area contributed by atoms with Crippen LogP contribution in [0.15, 0.2) is 23.1 Å². The van der Waals surface area contributed by atoms with Crippen LogP contribution < -0.4 is 11.1 Å². The van der Waals surface area contributed by atoms with Crippen LogP contribution in [-0.4, -0.2) is 25.6 Å². The molecule has 1 atom stereocenters. The molecule has 116 valence electrons. The van der Waals surface area contributed by atoms with Crippen molar-refractivity contribution >= 4 is 21.4 Å². The Hall–Kier alpha value is -1.56. The van der Waals surface area contributed by atoms with Gasteiger partial charge < -0.3 is 11.1 Å². The van der Waals surface area contributed by atoms with Gasteiger partial charge in [0.05, 0.1) is 4.90 Å². The fraction of sp³-hybridized carbons (Fsp3) is 0.533. The van der Waals surface area contributed by atoms with Crippen molar-refractivity contribution < 1.29 is 13.2 Å². The highest BCUT2D eigenvalue weighted by molar-refractivity contribution is 7.92. The van der Waals surface area contributed by atoms with Gasteiger partial charge in [0.25, 0.3) is 0 Å². The summed E-state index contributed by atoms with van der Waals surface area (Å²) in [6, 6.07) is 4.65. The number of carbonyl (C=O) groups is 1. The van der Waals surface area contributed by atoms with E-state index >= 15 is 0 Å². The maximum atomic E-state index is 12.5. The zero-order valence-electron chi connectivity index (χ0n) is 12.4. The standard InChI is InChI=1S/C15H22N2O3S/c1-10-9-13(7-8-14(10)16)21(19,20)11(2)15(18)17-12-5-3-4-6-12/h7-9,11-12H,3-6,16H2,1-2H3,(H,17,18). The average Bonchev–Trinajstić information content (AvgIpc) is 2.93. The second-order valence-corrected chi connectivity index (χ2v) is 7.96. The minimum atomic E-state index is -3.69. The van der Waals surface area contributed by atoms with E-state index in [1.807, 2.05) is 0 Å². The summed E-state index contributed by atoms with van der Waals surface area (Å²) in [5.41, 5.74) is 6.94. The molecule has 0 radical (unpaired) electrons. The largest absolute Gasteiger partial charge is 0.399 e. The zero-order chi connectivity index (χ0) is 15.6. The molecule has 1 unspecified atom stereocenters.